The number of aromatic nitrogens is 2. The van der Waals surface area contributed by atoms with Gasteiger partial charge < -0.3 is 20.3 Å². The minimum absolute atomic E-state index is 0.0906. The molecule has 4 heterocycles. The van der Waals surface area contributed by atoms with E-state index in [0.29, 0.717) is 31.1 Å². The van der Waals surface area contributed by atoms with E-state index in [9.17, 15) is 4.79 Å². The van der Waals surface area contributed by atoms with Crippen LogP contribution in [0.25, 0.3) is 16.6 Å². The van der Waals surface area contributed by atoms with Gasteiger partial charge in [-0.1, -0.05) is 18.7 Å². The molecule has 5 rings (SSSR count). The summed E-state index contributed by atoms with van der Waals surface area (Å²) in [4.78, 5) is 20.0. The molecular formula is C29H34N6O2. The summed E-state index contributed by atoms with van der Waals surface area (Å²) >= 11 is 0. The van der Waals surface area contributed by atoms with Crippen LogP contribution in [0.2, 0.25) is 0 Å². The van der Waals surface area contributed by atoms with E-state index >= 15 is 0 Å². The van der Waals surface area contributed by atoms with Crippen LogP contribution >= 0.6 is 0 Å². The zero-order valence-corrected chi connectivity index (χ0v) is 22.0. The van der Waals surface area contributed by atoms with Crippen LogP contribution < -0.4 is 10.6 Å². The van der Waals surface area contributed by atoms with Crippen molar-refractivity contribution in [3.05, 3.63) is 77.4 Å². The average Bonchev–Trinajstić information content (AvgIpc) is 3.63. The van der Waals surface area contributed by atoms with E-state index in [1.807, 2.05) is 57.0 Å². The lowest BCUT2D eigenvalue weighted by atomic mass is 9.95. The summed E-state index contributed by atoms with van der Waals surface area (Å²) in [5.41, 5.74) is 8.43. The quantitative estimate of drug-likeness (QED) is 0.449. The average molecular weight is 499 g/mol. The van der Waals surface area contributed by atoms with Crippen LogP contribution in [0.15, 0.2) is 65.7 Å². The summed E-state index contributed by atoms with van der Waals surface area (Å²) in [5.74, 6) is 0.867. The Morgan fingerprint density at radius 1 is 1.32 bits per heavy atom. The van der Waals surface area contributed by atoms with Crippen LogP contribution in [0.5, 0.6) is 0 Å². The highest BCUT2D eigenvalue weighted by atomic mass is 16.5. The van der Waals surface area contributed by atoms with E-state index in [2.05, 4.69) is 45.4 Å². The first-order chi connectivity index (χ1) is 17.9. The number of nitrogens with one attached hydrogen (secondary N) is 2. The van der Waals surface area contributed by atoms with Crippen LogP contribution in [0.3, 0.4) is 0 Å². The highest BCUT2D eigenvalue weighted by molar-refractivity contribution is 6.07. The van der Waals surface area contributed by atoms with Gasteiger partial charge in [-0.15, -0.1) is 0 Å². The number of pyridine rings is 1. The predicted octanol–water partition coefficient (Wildman–Crippen LogP) is 4.42. The molecule has 2 aliphatic rings. The van der Waals surface area contributed by atoms with Crippen molar-refractivity contribution in [3.63, 3.8) is 0 Å². The van der Waals surface area contributed by atoms with E-state index < -0.39 is 0 Å². The molecule has 8 nitrogen and oxygen atoms in total. The van der Waals surface area contributed by atoms with Gasteiger partial charge in [0.05, 0.1) is 35.3 Å². The Labute approximate surface area is 217 Å². The van der Waals surface area contributed by atoms with Crippen LogP contribution in [-0.2, 0) is 11.3 Å². The number of carbonyl (C=O) groups is 1. The van der Waals surface area contributed by atoms with Crippen molar-refractivity contribution >= 4 is 22.8 Å². The lowest BCUT2D eigenvalue weighted by Gasteiger charge is -2.20. The van der Waals surface area contributed by atoms with Crippen molar-refractivity contribution in [1.82, 2.24) is 19.8 Å². The van der Waals surface area contributed by atoms with Gasteiger partial charge in [0.1, 0.15) is 5.82 Å². The maximum atomic E-state index is 13.0. The summed E-state index contributed by atoms with van der Waals surface area (Å²) in [5, 5.41) is 11.0. The summed E-state index contributed by atoms with van der Waals surface area (Å²) in [7, 11) is 4.04. The molecule has 2 aliphatic heterocycles. The van der Waals surface area contributed by atoms with Gasteiger partial charge in [0.25, 0.3) is 5.91 Å². The molecule has 0 spiro atoms. The number of hydrogen-bond donors (Lipinski definition) is 2. The lowest BCUT2D eigenvalue weighted by molar-refractivity contribution is 0.0966. The van der Waals surface area contributed by atoms with E-state index in [0.717, 1.165) is 57.8 Å². The number of aliphatic imine (C=N–C) groups is 1. The molecule has 1 atom stereocenters. The van der Waals surface area contributed by atoms with Gasteiger partial charge in [0.2, 0.25) is 0 Å². The van der Waals surface area contributed by atoms with Gasteiger partial charge in [-0.3, -0.25) is 4.79 Å². The van der Waals surface area contributed by atoms with Crippen molar-refractivity contribution in [3.8, 4) is 11.1 Å². The molecule has 1 saturated heterocycles. The van der Waals surface area contributed by atoms with Crippen molar-refractivity contribution in [1.29, 1.82) is 0 Å². The van der Waals surface area contributed by atoms with Crippen molar-refractivity contribution in [2.45, 2.75) is 26.8 Å². The molecule has 1 aromatic carbocycles. The topological polar surface area (TPSA) is 83.3 Å². The normalized spacial score (nSPS) is 18.0. The number of amides is 1. The second kappa shape index (κ2) is 10.3. The van der Waals surface area contributed by atoms with Gasteiger partial charge in [-0.2, -0.15) is 5.10 Å². The van der Waals surface area contributed by atoms with Crippen LogP contribution in [0, 0.1) is 12.8 Å². The molecule has 2 N–H and O–H groups in total. The number of aryl methyl sites for hydroxylation is 1. The Morgan fingerprint density at radius 2 is 2.16 bits per heavy atom. The third kappa shape index (κ3) is 4.95. The standard InChI is InChI=1S/C29H34N6O2/c1-6-27(33-25(16-34(4)5)19(3)20-11-12-37-17-20)32-24-9-8-21(23-13-30-29(36)28(23)24)22-14-31-35-15-18(2)7-10-26(22)35/h6-10,14-15,20,32H,3,11-13,16-17H2,1-2,4-5H3,(H,30,36)/b27-6-,33-25-/t20-/m0/s1. The first-order valence-corrected chi connectivity index (χ1v) is 12.7. The van der Waals surface area contributed by atoms with Gasteiger partial charge in [0, 0.05) is 37.4 Å². The first-order valence-electron chi connectivity index (χ1n) is 12.7. The van der Waals surface area contributed by atoms with E-state index in [1.165, 1.54) is 0 Å². The number of anilines is 1. The Bertz CT molecular complexity index is 1430. The molecule has 2 aromatic heterocycles. The minimum atomic E-state index is -0.0906. The Kier molecular flexibility index (Phi) is 6.95. The molecule has 0 unspecified atom stereocenters. The highest BCUT2D eigenvalue weighted by Gasteiger charge is 2.28. The SMILES string of the molecule is C=C(/C(CN(C)C)=N\C(=C/C)Nc1ccc(-c2cnn3cc(C)ccc23)c2c1C(=O)NC2)[C@H]1CCOC1. The summed E-state index contributed by atoms with van der Waals surface area (Å²) in [6.07, 6.45) is 6.76. The van der Waals surface area contributed by atoms with Crippen molar-refractivity contribution < 1.29 is 9.53 Å². The largest absolute Gasteiger partial charge is 0.381 e. The maximum Gasteiger partial charge on any atom is 0.254 e. The molecule has 3 aromatic rings. The molecule has 8 heteroatoms. The van der Waals surface area contributed by atoms with E-state index in [1.54, 1.807) is 0 Å². The van der Waals surface area contributed by atoms with Crippen molar-refractivity contribution in [2.24, 2.45) is 10.9 Å². The van der Waals surface area contributed by atoms with Crippen molar-refractivity contribution in [2.75, 3.05) is 39.2 Å². The third-order valence-electron chi connectivity index (χ3n) is 6.97. The van der Waals surface area contributed by atoms with E-state index in [-0.39, 0.29) is 11.8 Å². The van der Waals surface area contributed by atoms with Crippen LogP contribution in [0.1, 0.15) is 34.8 Å². The molecule has 0 saturated carbocycles. The minimum Gasteiger partial charge on any atom is -0.381 e. The van der Waals surface area contributed by atoms with Gasteiger partial charge in [-0.05, 0) is 74.8 Å². The number of benzene rings is 1. The molecule has 37 heavy (non-hydrogen) atoms. The summed E-state index contributed by atoms with van der Waals surface area (Å²) < 4.78 is 7.47. The molecule has 1 fully saturated rings. The third-order valence-corrected chi connectivity index (χ3v) is 6.97. The Hall–Kier alpha value is -3.75. The molecule has 0 bridgehead atoms. The monoisotopic (exact) mass is 498 g/mol. The zero-order valence-electron chi connectivity index (χ0n) is 22.0. The second-order valence-corrected chi connectivity index (χ2v) is 9.97. The second-order valence-electron chi connectivity index (χ2n) is 9.97. The maximum absolute atomic E-state index is 13.0. The number of allylic oxidation sites excluding steroid dienone is 1. The number of hydrogen-bond acceptors (Lipinski definition) is 6. The summed E-state index contributed by atoms with van der Waals surface area (Å²) in [6.45, 7) is 10.9. The first kappa shape index (κ1) is 24.9. The smallest absolute Gasteiger partial charge is 0.254 e. The number of fused-ring (bicyclic) bond motifs is 2. The van der Waals surface area contributed by atoms with Crippen LogP contribution in [-0.4, -0.2) is 60.0 Å². The molecule has 1 amide bonds. The summed E-state index contributed by atoms with van der Waals surface area (Å²) in [6, 6.07) is 8.17. The fraction of sp³-hybridized carbons (Fsp3) is 0.345. The number of rotatable bonds is 8. The predicted molar refractivity (Wildman–Crippen MR) is 148 cm³/mol. The molecule has 192 valence electrons. The zero-order chi connectivity index (χ0) is 26.1. The van der Waals surface area contributed by atoms with Crippen LogP contribution in [0.4, 0.5) is 5.69 Å². The molecule has 0 aliphatic carbocycles. The fourth-order valence-corrected chi connectivity index (χ4v) is 5.00. The van der Waals surface area contributed by atoms with Gasteiger partial charge in [-0.25, -0.2) is 9.51 Å². The van der Waals surface area contributed by atoms with Gasteiger partial charge >= 0.3 is 0 Å². The highest BCUT2D eigenvalue weighted by Crippen LogP contribution is 2.36. The van der Waals surface area contributed by atoms with E-state index in [4.69, 9.17) is 9.73 Å². The lowest BCUT2D eigenvalue weighted by Crippen LogP contribution is -2.26. The Balaban J connectivity index is 1.50. The fourth-order valence-electron chi connectivity index (χ4n) is 5.00. The Morgan fingerprint density at radius 3 is 2.89 bits per heavy atom. The number of ether oxygens (including phenoxy) is 1. The number of nitrogens with zero attached hydrogens (tertiary/aromatic N) is 4. The van der Waals surface area contributed by atoms with Gasteiger partial charge in [0.15, 0.2) is 0 Å². The molecular weight excluding hydrogens is 464 g/mol. The molecule has 0 radical (unpaired) electrons. The number of carbonyl (C=O) groups excluding carboxylic acids is 1.